The van der Waals surface area contributed by atoms with Gasteiger partial charge in [0.1, 0.15) is 28.3 Å². The Morgan fingerprint density at radius 2 is 1.56 bits per heavy atom. The van der Waals surface area contributed by atoms with Crippen LogP contribution in [0.4, 0.5) is 30.7 Å². The van der Waals surface area contributed by atoms with Gasteiger partial charge in [-0.25, -0.2) is 31.6 Å². The first-order chi connectivity index (χ1) is 31.1. The molecule has 356 valence electrons. The number of fused-ring (bicyclic) bond motifs is 3. The summed E-state index contributed by atoms with van der Waals surface area (Å²) in [5.74, 6) is -7.40. The lowest BCUT2D eigenvalue weighted by Crippen LogP contribution is -2.52. The molecule has 24 heteroatoms. The minimum absolute atomic E-state index is 0.0554. The lowest BCUT2D eigenvalue weighted by atomic mass is 9.86. The van der Waals surface area contributed by atoms with E-state index in [0.717, 1.165) is 75.4 Å². The highest BCUT2D eigenvalue weighted by Gasteiger charge is 2.40. The molecule has 4 aliphatic rings. The minimum atomic E-state index is -5.08. The van der Waals surface area contributed by atoms with Crippen molar-refractivity contribution in [3.8, 4) is 11.5 Å². The van der Waals surface area contributed by atoms with Gasteiger partial charge in [0.15, 0.2) is 35.5 Å². The zero-order valence-corrected chi connectivity index (χ0v) is 36.3. The molecule has 8 rings (SSSR count). The fourth-order valence-electron chi connectivity index (χ4n) is 7.08. The van der Waals surface area contributed by atoms with Gasteiger partial charge in [0.25, 0.3) is 0 Å². The first kappa shape index (κ1) is 50.0. The van der Waals surface area contributed by atoms with Gasteiger partial charge in [-0.2, -0.15) is 31.4 Å². The summed E-state index contributed by atoms with van der Waals surface area (Å²) in [4.78, 5) is 38.1. The number of nitrogens with one attached hydrogen (secondary N) is 1. The largest absolute Gasteiger partial charge is 0.619 e. The van der Waals surface area contributed by atoms with Crippen molar-refractivity contribution in [2.45, 2.75) is 68.0 Å². The number of aliphatic carboxylic acids is 1. The number of pyridine rings is 1. The summed E-state index contributed by atoms with van der Waals surface area (Å²) in [6.45, 7) is -0.824. The van der Waals surface area contributed by atoms with E-state index in [0.29, 0.717) is 17.3 Å². The van der Waals surface area contributed by atoms with E-state index in [4.69, 9.17) is 47.3 Å². The van der Waals surface area contributed by atoms with Gasteiger partial charge in [0.2, 0.25) is 10.0 Å². The van der Waals surface area contributed by atoms with E-state index in [1.54, 1.807) is 0 Å². The Morgan fingerprint density at radius 1 is 0.909 bits per heavy atom. The molecule has 3 atom stereocenters. The maximum atomic E-state index is 14.4. The molecular weight excluding hydrogens is 958 g/mol. The zero-order chi connectivity index (χ0) is 48.1. The second kappa shape index (κ2) is 21.0. The fourth-order valence-corrected chi connectivity index (χ4v) is 8.90. The molecule has 1 aromatic heterocycles. The topological polar surface area (TPSA) is 185 Å². The van der Waals surface area contributed by atoms with Crippen molar-refractivity contribution in [1.82, 2.24) is 9.62 Å². The van der Waals surface area contributed by atoms with E-state index in [2.05, 4.69) is 14.4 Å². The molecule has 3 saturated heterocycles. The lowest BCUT2D eigenvalue weighted by molar-refractivity contribution is -0.605. The first-order valence-corrected chi connectivity index (χ1v) is 22.1. The molecule has 66 heavy (non-hydrogen) atoms. The zero-order valence-electron chi connectivity index (χ0n) is 34.0. The summed E-state index contributed by atoms with van der Waals surface area (Å²) < 4.78 is 139. The van der Waals surface area contributed by atoms with Crippen molar-refractivity contribution in [3.05, 3.63) is 122 Å². The Balaban J connectivity index is 0.000000952. The van der Waals surface area contributed by atoms with E-state index in [1.165, 1.54) is 30.3 Å². The molecule has 2 bridgehead atoms. The van der Waals surface area contributed by atoms with E-state index >= 15 is 0 Å². The van der Waals surface area contributed by atoms with Crippen LogP contribution in [-0.2, 0) is 35.5 Å². The molecule has 0 radical (unpaired) electrons. The Labute approximate surface area is 381 Å². The van der Waals surface area contributed by atoms with Gasteiger partial charge in [-0.3, -0.25) is 4.90 Å². The molecule has 0 amide bonds. The summed E-state index contributed by atoms with van der Waals surface area (Å²) in [5, 5.41) is 19.0. The Hall–Kier alpha value is -5.42. The number of benzene rings is 3. The lowest BCUT2D eigenvalue weighted by Gasteiger charge is -2.44. The molecule has 2 unspecified atom stereocenters. The number of aromatic nitrogens is 1. The molecular formula is C42H38Cl2F7N3O11S. The van der Waals surface area contributed by atoms with Crippen LogP contribution in [-0.4, -0.2) is 81.5 Å². The van der Waals surface area contributed by atoms with Crippen LogP contribution >= 0.6 is 23.2 Å². The number of halogens is 9. The Bertz CT molecular complexity index is 2520. The van der Waals surface area contributed by atoms with Crippen LogP contribution in [0.1, 0.15) is 64.9 Å². The number of rotatable bonds is 16. The summed E-state index contributed by atoms with van der Waals surface area (Å²) in [5.41, 5.74) is -0.0791. The number of carboxylic acid groups (broad SMARTS) is 1. The predicted octanol–water partition coefficient (Wildman–Crippen LogP) is 7.73. The van der Waals surface area contributed by atoms with Crippen molar-refractivity contribution in [2.24, 2.45) is 11.8 Å². The number of piperidine rings is 3. The van der Waals surface area contributed by atoms with Crippen LogP contribution in [0.2, 0.25) is 10.0 Å². The molecule has 1 aliphatic carbocycles. The van der Waals surface area contributed by atoms with E-state index in [9.17, 15) is 53.9 Å². The average molecular weight is 997 g/mol. The molecule has 3 aromatic carbocycles. The average Bonchev–Trinajstić information content (AvgIpc) is 4.09. The number of nitrogens with zero attached hydrogens (tertiary/aromatic N) is 2. The fraction of sp³-hybridized carbons (Fsp3) is 0.381. The standard InChI is InChI=1S/C40H37Cl2F4N3O9S.C2HF3O2/c41-29-18-49(52)19-30(42)28(29)17-34(24-7-9-33(58-40(45)46)35(16-24)55-21-22-4-5-22)56-38(50)26-2-1-3-27(14-26)59(53,54)47-37(25-6-8-31(43)32(44)15-25)39(51)57-36-20-48-12-10-23(36)11-13-48;3-2(4,5)1(6)7/h1-3,6-9,14-16,18-19,22-23,34,36-37,40,47H,4-5,10-13,17,20-21H2;(H,6,7)/t34?,36-,37?;/m0./s1. The third-order valence-electron chi connectivity index (χ3n) is 10.7. The first-order valence-electron chi connectivity index (χ1n) is 19.9. The van der Waals surface area contributed by atoms with Gasteiger partial charge < -0.3 is 29.3 Å². The van der Waals surface area contributed by atoms with E-state index in [1.807, 2.05) is 0 Å². The number of carboxylic acids is 1. The maximum Gasteiger partial charge on any atom is 0.490 e. The molecule has 14 nitrogen and oxygen atoms in total. The Kier molecular flexibility index (Phi) is 15.9. The van der Waals surface area contributed by atoms with Crippen molar-refractivity contribution in [3.63, 3.8) is 0 Å². The van der Waals surface area contributed by atoms with Gasteiger partial charge in [0, 0.05) is 18.5 Å². The summed E-state index contributed by atoms with van der Waals surface area (Å²) >= 11 is 12.7. The molecule has 4 aromatic rings. The van der Waals surface area contributed by atoms with Crippen LogP contribution in [0.25, 0.3) is 0 Å². The molecule has 4 heterocycles. The maximum absolute atomic E-state index is 14.4. The summed E-state index contributed by atoms with van der Waals surface area (Å²) in [6, 6.07) is 9.29. The van der Waals surface area contributed by atoms with Crippen LogP contribution < -0.4 is 18.9 Å². The SMILES string of the molecule is O=C(O)C(F)(F)F.O=C(OC(Cc1c(Cl)c[n+]([O-])cc1Cl)c1ccc(OC(F)F)c(OCC2CC2)c1)c1cccc(S(=O)(=O)NC(C(=O)O[C@H]2CN3CCC2CC3)c2ccc(F)c(F)c2)c1. The smallest absolute Gasteiger partial charge is 0.490 e. The van der Waals surface area contributed by atoms with E-state index in [-0.39, 0.29) is 68.7 Å². The van der Waals surface area contributed by atoms with Crippen LogP contribution in [0, 0.1) is 28.7 Å². The highest BCUT2D eigenvalue weighted by atomic mass is 35.5. The summed E-state index contributed by atoms with van der Waals surface area (Å²) in [7, 11) is -4.70. The second-order valence-corrected chi connectivity index (χ2v) is 17.9. The van der Waals surface area contributed by atoms with E-state index < -0.39 is 75.5 Å². The Morgan fingerprint density at radius 3 is 2.14 bits per heavy atom. The second-order valence-electron chi connectivity index (χ2n) is 15.4. The predicted molar refractivity (Wildman–Crippen MR) is 217 cm³/mol. The number of carbonyl (C=O) groups excluding carboxylic acids is 2. The van der Waals surface area contributed by atoms with Gasteiger partial charge in [-0.1, -0.05) is 41.4 Å². The molecule has 2 N–H and O–H groups in total. The number of ether oxygens (including phenoxy) is 4. The highest BCUT2D eigenvalue weighted by molar-refractivity contribution is 7.89. The molecule has 0 spiro atoms. The molecule has 1 saturated carbocycles. The third kappa shape index (κ3) is 13.1. The number of alkyl halides is 5. The van der Waals surface area contributed by atoms with Crippen molar-refractivity contribution < 1.29 is 82.3 Å². The minimum Gasteiger partial charge on any atom is -0.619 e. The number of hydrogen-bond acceptors (Lipinski definition) is 11. The monoisotopic (exact) mass is 995 g/mol. The van der Waals surface area contributed by atoms with Gasteiger partial charge >= 0.3 is 30.7 Å². The number of esters is 2. The van der Waals surface area contributed by atoms with Gasteiger partial charge in [-0.05, 0) is 104 Å². The molecule has 4 fully saturated rings. The van der Waals surface area contributed by atoms with Crippen molar-refractivity contribution >= 4 is 51.1 Å². The van der Waals surface area contributed by atoms with Crippen LogP contribution in [0.3, 0.4) is 0 Å². The van der Waals surface area contributed by atoms with Gasteiger partial charge in [0.05, 0.1) is 17.1 Å². The third-order valence-corrected chi connectivity index (χ3v) is 12.8. The highest BCUT2D eigenvalue weighted by Crippen LogP contribution is 2.38. The van der Waals surface area contributed by atoms with Crippen molar-refractivity contribution in [1.29, 1.82) is 0 Å². The quantitative estimate of drug-likeness (QED) is 0.0483. The van der Waals surface area contributed by atoms with Crippen molar-refractivity contribution in [2.75, 3.05) is 26.2 Å². The van der Waals surface area contributed by atoms with Gasteiger partial charge in [-0.15, -0.1) is 0 Å². The number of sulfonamides is 1. The number of carbonyl (C=O) groups is 3. The van der Waals surface area contributed by atoms with Crippen LogP contribution in [0.5, 0.6) is 11.5 Å². The molecule has 3 aliphatic heterocycles. The normalized spacial score (nSPS) is 19.0. The summed E-state index contributed by atoms with van der Waals surface area (Å²) in [6.07, 6.45) is -1.71. The van der Waals surface area contributed by atoms with Crippen LogP contribution in [0.15, 0.2) is 78.0 Å². The number of hydrogen-bond donors (Lipinski definition) is 2.